The molecule has 1 unspecified atom stereocenters. The van der Waals surface area contributed by atoms with E-state index in [1.807, 2.05) is 0 Å². The van der Waals surface area contributed by atoms with E-state index >= 15 is 0 Å². The minimum Gasteiger partial charge on any atom is -0.380 e. The molecule has 1 aromatic rings. The van der Waals surface area contributed by atoms with Crippen molar-refractivity contribution in [3.05, 3.63) is 29.6 Å². The van der Waals surface area contributed by atoms with Crippen LogP contribution in [0, 0.1) is 5.82 Å². The van der Waals surface area contributed by atoms with Crippen molar-refractivity contribution in [2.75, 3.05) is 13.7 Å². The molecule has 0 heterocycles. The fourth-order valence-corrected chi connectivity index (χ4v) is 2.51. The average Bonchev–Trinajstić information content (AvgIpc) is 2.36. The normalized spacial score (nSPS) is 13.6. The molecule has 7 heteroatoms. The lowest BCUT2D eigenvalue weighted by molar-refractivity contribution is 0.122. The molecule has 102 valence electrons. The number of benzene rings is 1. The summed E-state index contributed by atoms with van der Waals surface area (Å²) in [7, 11) is -2.42. The van der Waals surface area contributed by atoms with Crippen LogP contribution in [0.4, 0.5) is 4.39 Å². The van der Waals surface area contributed by atoms with Crippen molar-refractivity contribution < 1.29 is 17.5 Å². The van der Waals surface area contributed by atoms with E-state index in [0.29, 0.717) is 5.56 Å². The van der Waals surface area contributed by atoms with E-state index in [4.69, 9.17) is 10.5 Å². The van der Waals surface area contributed by atoms with Crippen molar-refractivity contribution >= 4 is 10.0 Å². The van der Waals surface area contributed by atoms with Gasteiger partial charge in [-0.3, -0.25) is 0 Å². The van der Waals surface area contributed by atoms with Crippen LogP contribution in [0.2, 0.25) is 0 Å². The first-order valence-electron chi connectivity index (χ1n) is 5.41. The molecule has 0 bridgehead atoms. The van der Waals surface area contributed by atoms with Crippen molar-refractivity contribution in [1.82, 2.24) is 4.72 Å². The summed E-state index contributed by atoms with van der Waals surface area (Å²) >= 11 is 0. The van der Waals surface area contributed by atoms with Crippen LogP contribution in [0.5, 0.6) is 0 Å². The minimum absolute atomic E-state index is 0.0745. The summed E-state index contributed by atoms with van der Waals surface area (Å²) in [6.07, 6.45) is -0.291. The van der Waals surface area contributed by atoms with Crippen molar-refractivity contribution in [2.45, 2.75) is 24.5 Å². The van der Waals surface area contributed by atoms with Gasteiger partial charge in [0.1, 0.15) is 10.7 Å². The number of sulfonamides is 1. The smallest absolute Gasteiger partial charge is 0.243 e. The maximum Gasteiger partial charge on any atom is 0.243 e. The van der Waals surface area contributed by atoms with Crippen molar-refractivity contribution in [3.63, 3.8) is 0 Å². The summed E-state index contributed by atoms with van der Waals surface area (Å²) in [5, 5.41) is 0. The number of ether oxygens (including phenoxy) is 1. The Labute approximate surface area is 106 Å². The van der Waals surface area contributed by atoms with Gasteiger partial charge in [-0.15, -0.1) is 0 Å². The van der Waals surface area contributed by atoms with Gasteiger partial charge in [-0.2, -0.15) is 0 Å². The lowest BCUT2D eigenvalue weighted by atomic mass is 10.2. The first-order valence-corrected chi connectivity index (χ1v) is 6.90. The SMILES string of the molecule is COC(C)CNS(=O)(=O)c1cc(CN)ccc1F. The van der Waals surface area contributed by atoms with Gasteiger partial charge in [0.05, 0.1) is 6.10 Å². The first-order chi connectivity index (χ1) is 8.40. The van der Waals surface area contributed by atoms with Crippen molar-refractivity contribution in [2.24, 2.45) is 5.73 Å². The van der Waals surface area contributed by atoms with Crippen LogP contribution in [0.1, 0.15) is 12.5 Å². The average molecular weight is 276 g/mol. The highest BCUT2D eigenvalue weighted by molar-refractivity contribution is 7.89. The maximum atomic E-state index is 13.5. The second-order valence-corrected chi connectivity index (χ2v) is 5.60. The monoisotopic (exact) mass is 276 g/mol. The van der Waals surface area contributed by atoms with Gasteiger partial charge < -0.3 is 10.5 Å². The van der Waals surface area contributed by atoms with Gasteiger partial charge in [0, 0.05) is 20.2 Å². The zero-order chi connectivity index (χ0) is 13.8. The molecule has 0 fully saturated rings. The maximum absolute atomic E-state index is 13.5. The van der Waals surface area contributed by atoms with Crippen molar-refractivity contribution in [1.29, 1.82) is 0 Å². The van der Waals surface area contributed by atoms with Gasteiger partial charge in [-0.25, -0.2) is 17.5 Å². The van der Waals surface area contributed by atoms with Crippen LogP contribution < -0.4 is 10.5 Å². The first kappa shape index (κ1) is 15.0. The van der Waals surface area contributed by atoms with E-state index < -0.39 is 20.7 Å². The number of halogens is 1. The van der Waals surface area contributed by atoms with E-state index in [2.05, 4.69) is 4.72 Å². The molecule has 5 nitrogen and oxygen atoms in total. The Bertz CT molecular complexity index is 505. The van der Waals surface area contributed by atoms with E-state index in [-0.39, 0.29) is 19.2 Å². The molecule has 0 radical (unpaired) electrons. The molecular weight excluding hydrogens is 259 g/mol. The number of methoxy groups -OCH3 is 1. The van der Waals surface area contributed by atoms with Crippen LogP contribution in [-0.2, 0) is 21.3 Å². The molecule has 1 aromatic carbocycles. The van der Waals surface area contributed by atoms with E-state index in [1.165, 1.54) is 19.2 Å². The van der Waals surface area contributed by atoms with Gasteiger partial charge in [0.15, 0.2) is 0 Å². The summed E-state index contributed by atoms with van der Waals surface area (Å²) in [5.41, 5.74) is 5.95. The number of nitrogens with two attached hydrogens (primary N) is 1. The number of hydrogen-bond donors (Lipinski definition) is 2. The molecule has 0 amide bonds. The van der Waals surface area contributed by atoms with Crippen LogP contribution in [0.25, 0.3) is 0 Å². The molecule has 0 saturated carbocycles. The minimum atomic E-state index is -3.89. The van der Waals surface area contributed by atoms with E-state index in [9.17, 15) is 12.8 Å². The van der Waals surface area contributed by atoms with Gasteiger partial charge in [-0.1, -0.05) is 6.07 Å². The van der Waals surface area contributed by atoms with E-state index in [1.54, 1.807) is 6.92 Å². The molecule has 0 spiro atoms. The Morgan fingerprint density at radius 3 is 2.72 bits per heavy atom. The van der Waals surface area contributed by atoms with Gasteiger partial charge in [-0.05, 0) is 24.6 Å². The van der Waals surface area contributed by atoms with Crippen LogP contribution in [0.3, 0.4) is 0 Å². The molecule has 0 saturated heterocycles. The summed E-state index contributed by atoms with van der Waals surface area (Å²) in [6.45, 7) is 1.93. The zero-order valence-electron chi connectivity index (χ0n) is 10.3. The van der Waals surface area contributed by atoms with Crippen LogP contribution >= 0.6 is 0 Å². The van der Waals surface area contributed by atoms with Crippen LogP contribution in [0.15, 0.2) is 23.1 Å². The van der Waals surface area contributed by atoms with Gasteiger partial charge in [0.25, 0.3) is 0 Å². The standard InChI is InChI=1S/C11H17FN2O3S/c1-8(17-2)7-14-18(15,16)11-5-9(6-13)3-4-10(11)12/h3-5,8,14H,6-7,13H2,1-2H3. The highest BCUT2D eigenvalue weighted by Gasteiger charge is 2.19. The van der Waals surface area contributed by atoms with E-state index in [0.717, 1.165) is 6.07 Å². The molecule has 1 atom stereocenters. The molecular formula is C11H17FN2O3S. The number of nitrogens with one attached hydrogen (secondary N) is 1. The summed E-state index contributed by atoms with van der Waals surface area (Å²) in [5.74, 6) is -0.801. The lowest BCUT2D eigenvalue weighted by Crippen LogP contribution is -2.32. The molecule has 1 rings (SSSR count). The fourth-order valence-electron chi connectivity index (χ4n) is 1.27. The number of rotatable bonds is 6. The Morgan fingerprint density at radius 2 is 2.17 bits per heavy atom. The Balaban J connectivity index is 2.97. The largest absolute Gasteiger partial charge is 0.380 e. The quantitative estimate of drug-likeness (QED) is 0.797. The summed E-state index contributed by atoms with van der Waals surface area (Å²) in [4.78, 5) is -0.395. The predicted molar refractivity (Wildman–Crippen MR) is 66.0 cm³/mol. The van der Waals surface area contributed by atoms with Crippen molar-refractivity contribution in [3.8, 4) is 0 Å². The third kappa shape index (κ3) is 3.74. The Kier molecular flexibility index (Phi) is 5.21. The number of hydrogen-bond acceptors (Lipinski definition) is 4. The highest BCUT2D eigenvalue weighted by Crippen LogP contribution is 2.16. The third-order valence-electron chi connectivity index (χ3n) is 2.48. The Morgan fingerprint density at radius 1 is 1.50 bits per heavy atom. The molecule has 3 N–H and O–H groups in total. The van der Waals surface area contributed by atoms with Gasteiger partial charge in [0.2, 0.25) is 10.0 Å². The third-order valence-corrected chi connectivity index (χ3v) is 3.92. The Hall–Kier alpha value is -1.02. The van der Waals surface area contributed by atoms with Gasteiger partial charge >= 0.3 is 0 Å². The summed E-state index contributed by atoms with van der Waals surface area (Å²) in [6, 6.07) is 3.78. The second kappa shape index (κ2) is 6.24. The summed E-state index contributed by atoms with van der Waals surface area (Å²) < 4.78 is 44.5. The second-order valence-electron chi connectivity index (χ2n) is 3.87. The molecule has 0 aromatic heterocycles. The fraction of sp³-hybridized carbons (Fsp3) is 0.455. The lowest BCUT2D eigenvalue weighted by Gasteiger charge is -2.12. The molecule has 0 aliphatic rings. The zero-order valence-corrected chi connectivity index (χ0v) is 11.1. The molecule has 0 aliphatic carbocycles. The predicted octanol–water partition coefficient (Wildman–Crippen LogP) is 0.598. The highest BCUT2D eigenvalue weighted by atomic mass is 32.2. The van der Waals surface area contributed by atoms with Crippen LogP contribution in [-0.4, -0.2) is 28.2 Å². The molecule has 0 aliphatic heterocycles. The molecule has 18 heavy (non-hydrogen) atoms. The topological polar surface area (TPSA) is 81.4 Å².